The molecule has 0 saturated heterocycles. The van der Waals surface area contributed by atoms with Gasteiger partial charge in [0.25, 0.3) is 5.91 Å². The molecule has 98 valence electrons. The molecule has 3 nitrogen and oxygen atoms in total. The summed E-state index contributed by atoms with van der Waals surface area (Å²) in [6.45, 7) is 0. The summed E-state index contributed by atoms with van der Waals surface area (Å²) in [7, 11) is 0. The molecule has 2 rings (SSSR count). The van der Waals surface area contributed by atoms with Crippen LogP contribution in [0.1, 0.15) is 10.4 Å². The van der Waals surface area contributed by atoms with Gasteiger partial charge in [0.05, 0.1) is 15.1 Å². The van der Waals surface area contributed by atoms with Crippen LogP contribution >= 0.6 is 39.1 Å². The van der Waals surface area contributed by atoms with Crippen molar-refractivity contribution in [3.05, 3.63) is 56.5 Å². The van der Waals surface area contributed by atoms with Gasteiger partial charge in [-0.25, -0.2) is 9.37 Å². The number of hydrogen-bond donors (Lipinski definition) is 1. The number of nitrogens with zero attached hydrogens (tertiary/aromatic N) is 1. The van der Waals surface area contributed by atoms with E-state index in [0.717, 1.165) is 0 Å². The minimum absolute atomic E-state index is 0.162. The van der Waals surface area contributed by atoms with E-state index >= 15 is 0 Å². The van der Waals surface area contributed by atoms with Gasteiger partial charge in [-0.15, -0.1) is 0 Å². The quantitative estimate of drug-likeness (QED) is 0.795. The first-order valence-corrected chi connectivity index (χ1v) is 6.59. The maximum atomic E-state index is 13.1. The Morgan fingerprint density at radius 2 is 2.05 bits per heavy atom. The Labute approximate surface area is 126 Å². The van der Waals surface area contributed by atoms with E-state index in [4.69, 9.17) is 23.2 Å². The Morgan fingerprint density at radius 1 is 1.32 bits per heavy atom. The normalized spacial score (nSPS) is 10.3. The summed E-state index contributed by atoms with van der Waals surface area (Å²) in [6, 6.07) is 5.48. The largest absolute Gasteiger partial charge is 0.322 e. The van der Waals surface area contributed by atoms with Crippen molar-refractivity contribution in [3.8, 4) is 0 Å². The summed E-state index contributed by atoms with van der Waals surface area (Å²) < 4.78 is 13.3. The number of pyridine rings is 1. The van der Waals surface area contributed by atoms with Crippen molar-refractivity contribution >= 4 is 50.7 Å². The SMILES string of the molecule is O=C(Nc1ccc(F)c(Br)c1)c1cc(Cl)ncc1Cl. The van der Waals surface area contributed by atoms with Crippen LogP contribution in [0.2, 0.25) is 10.2 Å². The molecule has 0 atom stereocenters. The van der Waals surface area contributed by atoms with E-state index in [1.165, 1.54) is 30.5 Å². The van der Waals surface area contributed by atoms with Gasteiger partial charge in [-0.2, -0.15) is 0 Å². The molecule has 0 fully saturated rings. The Balaban J connectivity index is 2.25. The van der Waals surface area contributed by atoms with Crippen LogP contribution in [0.25, 0.3) is 0 Å². The molecule has 0 spiro atoms. The van der Waals surface area contributed by atoms with Gasteiger partial charge in [-0.3, -0.25) is 4.79 Å². The van der Waals surface area contributed by atoms with Crippen molar-refractivity contribution in [3.63, 3.8) is 0 Å². The van der Waals surface area contributed by atoms with Crippen molar-refractivity contribution in [2.75, 3.05) is 5.32 Å². The molecule has 1 N–H and O–H groups in total. The second-order valence-corrected chi connectivity index (χ2v) is 5.22. The number of amides is 1. The third kappa shape index (κ3) is 3.43. The van der Waals surface area contributed by atoms with Gasteiger partial charge in [0.1, 0.15) is 11.0 Å². The standard InChI is InChI=1S/C12H6BrCl2FN2O/c13-8-3-6(1-2-10(8)16)18-12(19)7-4-11(15)17-5-9(7)14/h1-5H,(H,18,19). The second kappa shape index (κ2) is 5.86. The maximum absolute atomic E-state index is 13.1. The lowest BCUT2D eigenvalue weighted by molar-refractivity contribution is 0.102. The number of carbonyl (C=O) groups is 1. The molecule has 1 amide bonds. The third-order valence-electron chi connectivity index (χ3n) is 2.24. The molecular weight excluding hydrogens is 358 g/mol. The van der Waals surface area contributed by atoms with Crippen LogP contribution in [-0.2, 0) is 0 Å². The molecule has 1 aromatic carbocycles. The molecule has 0 aliphatic heterocycles. The van der Waals surface area contributed by atoms with Gasteiger partial charge in [-0.1, -0.05) is 23.2 Å². The molecule has 0 bridgehead atoms. The van der Waals surface area contributed by atoms with Gasteiger partial charge in [-0.05, 0) is 40.2 Å². The molecule has 0 aliphatic rings. The fraction of sp³-hybridized carbons (Fsp3) is 0. The third-order valence-corrected chi connectivity index (χ3v) is 3.36. The zero-order valence-electron chi connectivity index (χ0n) is 9.25. The van der Waals surface area contributed by atoms with E-state index in [1.54, 1.807) is 0 Å². The summed E-state index contributed by atoms with van der Waals surface area (Å²) in [4.78, 5) is 15.7. The summed E-state index contributed by atoms with van der Waals surface area (Å²) in [5.41, 5.74) is 0.629. The van der Waals surface area contributed by atoms with Crippen LogP contribution < -0.4 is 5.32 Å². The van der Waals surface area contributed by atoms with Crippen LogP contribution in [-0.4, -0.2) is 10.9 Å². The van der Waals surface area contributed by atoms with Crippen molar-refractivity contribution in [2.45, 2.75) is 0 Å². The summed E-state index contributed by atoms with van der Waals surface area (Å²) in [6.07, 6.45) is 1.29. The van der Waals surface area contributed by atoms with E-state index in [1.807, 2.05) is 0 Å². The average molecular weight is 364 g/mol. The van der Waals surface area contributed by atoms with Crippen LogP contribution in [0.4, 0.5) is 10.1 Å². The van der Waals surface area contributed by atoms with Gasteiger partial charge in [0, 0.05) is 11.9 Å². The van der Waals surface area contributed by atoms with E-state index in [2.05, 4.69) is 26.2 Å². The summed E-state index contributed by atoms with van der Waals surface area (Å²) >= 11 is 14.6. The number of rotatable bonds is 2. The van der Waals surface area contributed by atoms with E-state index in [9.17, 15) is 9.18 Å². The van der Waals surface area contributed by atoms with Crippen molar-refractivity contribution < 1.29 is 9.18 Å². The fourth-order valence-electron chi connectivity index (χ4n) is 1.36. The Morgan fingerprint density at radius 3 is 2.74 bits per heavy atom. The molecule has 1 aromatic heterocycles. The highest BCUT2D eigenvalue weighted by Crippen LogP contribution is 2.22. The van der Waals surface area contributed by atoms with E-state index in [0.29, 0.717) is 5.69 Å². The predicted octanol–water partition coefficient (Wildman–Crippen LogP) is 4.54. The highest BCUT2D eigenvalue weighted by Gasteiger charge is 2.12. The molecular formula is C12H6BrCl2FN2O. The molecule has 0 unspecified atom stereocenters. The van der Waals surface area contributed by atoms with E-state index < -0.39 is 11.7 Å². The molecule has 7 heteroatoms. The molecule has 0 aliphatic carbocycles. The first kappa shape index (κ1) is 14.2. The topological polar surface area (TPSA) is 42.0 Å². The maximum Gasteiger partial charge on any atom is 0.257 e. The van der Waals surface area contributed by atoms with Crippen LogP contribution in [0.15, 0.2) is 34.9 Å². The summed E-state index contributed by atoms with van der Waals surface area (Å²) in [5.74, 6) is -0.865. The lowest BCUT2D eigenvalue weighted by Gasteiger charge is -2.07. The monoisotopic (exact) mass is 362 g/mol. The van der Waals surface area contributed by atoms with Gasteiger partial charge >= 0.3 is 0 Å². The molecule has 2 aromatic rings. The van der Waals surface area contributed by atoms with Crippen LogP contribution in [0.5, 0.6) is 0 Å². The zero-order chi connectivity index (χ0) is 14.0. The number of aromatic nitrogens is 1. The summed E-state index contributed by atoms with van der Waals surface area (Å²) in [5, 5.41) is 2.93. The highest BCUT2D eigenvalue weighted by molar-refractivity contribution is 9.10. The van der Waals surface area contributed by atoms with Crippen molar-refractivity contribution in [2.24, 2.45) is 0 Å². The number of carbonyl (C=O) groups excluding carboxylic acids is 1. The minimum atomic E-state index is -0.451. The van der Waals surface area contributed by atoms with Crippen LogP contribution in [0.3, 0.4) is 0 Å². The number of hydrogen-bond acceptors (Lipinski definition) is 2. The molecule has 0 saturated carbocycles. The predicted molar refractivity (Wildman–Crippen MR) is 76.3 cm³/mol. The van der Waals surface area contributed by atoms with Crippen molar-refractivity contribution in [1.82, 2.24) is 4.98 Å². The number of benzene rings is 1. The van der Waals surface area contributed by atoms with Gasteiger partial charge in [0.15, 0.2) is 0 Å². The van der Waals surface area contributed by atoms with Crippen LogP contribution in [0, 0.1) is 5.82 Å². The molecule has 0 radical (unpaired) electrons. The number of anilines is 1. The average Bonchev–Trinajstić information content (AvgIpc) is 2.36. The molecule has 19 heavy (non-hydrogen) atoms. The molecule has 1 heterocycles. The second-order valence-electron chi connectivity index (χ2n) is 3.57. The first-order valence-electron chi connectivity index (χ1n) is 5.05. The lowest BCUT2D eigenvalue weighted by Crippen LogP contribution is -2.12. The Hall–Kier alpha value is -1.17. The van der Waals surface area contributed by atoms with Gasteiger partial charge in [0.2, 0.25) is 0 Å². The smallest absolute Gasteiger partial charge is 0.257 e. The minimum Gasteiger partial charge on any atom is -0.322 e. The fourth-order valence-corrected chi connectivity index (χ4v) is 2.09. The van der Waals surface area contributed by atoms with E-state index in [-0.39, 0.29) is 20.2 Å². The Kier molecular flexibility index (Phi) is 4.39. The number of nitrogens with one attached hydrogen (secondary N) is 1. The number of halogens is 4. The Bertz CT molecular complexity index is 652. The lowest BCUT2D eigenvalue weighted by atomic mass is 10.2. The first-order chi connectivity index (χ1) is 8.97. The zero-order valence-corrected chi connectivity index (χ0v) is 12.4. The van der Waals surface area contributed by atoms with Gasteiger partial charge < -0.3 is 5.32 Å². The highest BCUT2D eigenvalue weighted by atomic mass is 79.9. The van der Waals surface area contributed by atoms with Crippen molar-refractivity contribution in [1.29, 1.82) is 0 Å².